The Morgan fingerprint density at radius 2 is 1.71 bits per heavy atom. The Bertz CT molecular complexity index is 197. The molecule has 0 aromatic carbocycles. The van der Waals surface area contributed by atoms with Crippen molar-refractivity contribution in [3.8, 4) is 0 Å². The maximum atomic E-state index is 5.19. The molecule has 0 aromatic rings. The summed E-state index contributed by atoms with van der Waals surface area (Å²) in [5.41, 5.74) is 0. The van der Waals surface area contributed by atoms with Gasteiger partial charge in [-0.2, -0.15) is 0 Å². The van der Waals surface area contributed by atoms with E-state index in [0.29, 0.717) is 0 Å². The monoisotopic (exact) mass is 239 g/mol. The minimum absolute atomic E-state index is 0.737. The summed E-state index contributed by atoms with van der Waals surface area (Å²) in [5, 5.41) is 3.60. The molecule has 0 heterocycles. The van der Waals surface area contributed by atoms with Crippen LogP contribution in [0.5, 0.6) is 0 Å². The summed E-state index contributed by atoms with van der Waals surface area (Å²) in [6.07, 6.45) is 11.4. The fourth-order valence-electron chi connectivity index (χ4n) is 3.67. The molecule has 1 N–H and O–H groups in total. The van der Waals surface area contributed by atoms with Crippen LogP contribution in [0.2, 0.25) is 0 Å². The topological polar surface area (TPSA) is 21.3 Å². The molecule has 2 fully saturated rings. The van der Waals surface area contributed by atoms with E-state index in [4.69, 9.17) is 4.74 Å². The lowest BCUT2D eigenvalue weighted by atomic mass is 9.61. The first-order chi connectivity index (χ1) is 8.36. The van der Waals surface area contributed by atoms with Gasteiger partial charge in [0.05, 0.1) is 0 Å². The van der Waals surface area contributed by atoms with Gasteiger partial charge in [-0.25, -0.2) is 0 Å². The molecule has 100 valence electrons. The quantitative estimate of drug-likeness (QED) is 0.657. The lowest BCUT2D eigenvalue weighted by molar-refractivity contribution is 0.0561. The summed E-state index contributed by atoms with van der Waals surface area (Å²) in [4.78, 5) is 0. The second kappa shape index (κ2) is 6.75. The van der Waals surface area contributed by atoms with E-state index in [1.807, 2.05) is 7.11 Å². The second-order valence-electron chi connectivity index (χ2n) is 5.99. The van der Waals surface area contributed by atoms with Crippen LogP contribution in [0.4, 0.5) is 0 Å². The Labute approximate surface area is 107 Å². The Kier molecular flexibility index (Phi) is 5.30. The van der Waals surface area contributed by atoms with Crippen molar-refractivity contribution in [2.45, 2.75) is 57.4 Å². The van der Waals surface area contributed by atoms with Crippen LogP contribution in [0.15, 0.2) is 0 Å². The van der Waals surface area contributed by atoms with E-state index >= 15 is 0 Å². The number of nitrogens with one attached hydrogen (secondary N) is 1. The highest BCUT2D eigenvalue weighted by Crippen LogP contribution is 2.46. The first-order valence-corrected chi connectivity index (χ1v) is 7.53. The van der Waals surface area contributed by atoms with Gasteiger partial charge in [0.25, 0.3) is 0 Å². The molecule has 1 atom stereocenters. The normalized spacial score (nSPS) is 23.5. The molecule has 2 heteroatoms. The fourth-order valence-corrected chi connectivity index (χ4v) is 3.67. The van der Waals surface area contributed by atoms with Crippen molar-refractivity contribution in [2.24, 2.45) is 17.8 Å². The van der Waals surface area contributed by atoms with Crippen molar-refractivity contribution in [1.29, 1.82) is 0 Å². The molecule has 2 nitrogen and oxygen atoms in total. The van der Waals surface area contributed by atoms with E-state index in [1.54, 1.807) is 0 Å². The van der Waals surface area contributed by atoms with Crippen LogP contribution in [0, 0.1) is 17.8 Å². The fraction of sp³-hybridized carbons (Fsp3) is 1.00. The summed E-state index contributed by atoms with van der Waals surface area (Å²) < 4.78 is 5.19. The van der Waals surface area contributed by atoms with Crippen molar-refractivity contribution in [2.75, 3.05) is 20.8 Å². The summed E-state index contributed by atoms with van der Waals surface area (Å²) in [6, 6.07) is 0.737. The summed E-state index contributed by atoms with van der Waals surface area (Å²) in [6.45, 7) is 0.917. The van der Waals surface area contributed by atoms with Gasteiger partial charge in [0.15, 0.2) is 0 Å². The average molecular weight is 239 g/mol. The number of hydrogen-bond acceptors (Lipinski definition) is 2. The van der Waals surface area contributed by atoms with Gasteiger partial charge in [0.2, 0.25) is 0 Å². The number of hydrogen-bond donors (Lipinski definition) is 1. The zero-order chi connectivity index (χ0) is 12.1. The highest BCUT2D eigenvalue weighted by atomic mass is 16.5. The number of methoxy groups -OCH3 is 1. The van der Waals surface area contributed by atoms with Crippen molar-refractivity contribution < 1.29 is 4.74 Å². The molecule has 0 saturated heterocycles. The smallest absolute Gasteiger partial charge is 0.0462 e. The van der Waals surface area contributed by atoms with E-state index in [-0.39, 0.29) is 0 Å². The zero-order valence-corrected chi connectivity index (χ0v) is 11.6. The Balaban J connectivity index is 1.86. The first-order valence-electron chi connectivity index (χ1n) is 7.53. The largest absolute Gasteiger partial charge is 0.385 e. The maximum absolute atomic E-state index is 5.19. The third-order valence-corrected chi connectivity index (χ3v) is 5.09. The summed E-state index contributed by atoms with van der Waals surface area (Å²) in [7, 11) is 3.96. The van der Waals surface area contributed by atoms with Crippen LogP contribution in [0.3, 0.4) is 0 Å². The van der Waals surface area contributed by atoms with Crippen molar-refractivity contribution in [3.05, 3.63) is 0 Å². The van der Waals surface area contributed by atoms with E-state index in [1.165, 1.54) is 51.4 Å². The van der Waals surface area contributed by atoms with E-state index < -0.39 is 0 Å². The van der Waals surface area contributed by atoms with Gasteiger partial charge in [-0.1, -0.05) is 38.5 Å². The predicted octanol–water partition coefficient (Wildman–Crippen LogP) is 3.22. The van der Waals surface area contributed by atoms with Gasteiger partial charge in [0.1, 0.15) is 0 Å². The van der Waals surface area contributed by atoms with Gasteiger partial charge in [-0.05, 0) is 37.6 Å². The first kappa shape index (κ1) is 13.4. The average Bonchev–Trinajstić information content (AvgIpc) is 2.19. The van der Waals surface area contributed by atoms with Gasteiger partial charge in [0, 0.05) is 19.8 Å². The molecule has 0 aromatic heterocycles. The molecule has 2 aliphatic carbocycles. The molecular formula is C15H29NO. The summed E-state index contributed by atoms with van der Waals surface area (Å²) >= 11 is 0. The van der Waals surface area contributed by atoms with Crippen LogP contribution in [0.25, 0.3) is 0 Å². The van der Waals surface area contributed by atoms with Gasteiger partial charge in [-0.3, -0.25) is 0 Å². The molecule has 0 radical (unpaired) electrons. The van der Waals surface area contributed by atoms with Crippen molar-refractivity contribution >= 4 is 0 Å². The SMILES string of the molecule is CNC(CCCOC)C(C1CCC1)C1CCC1. The van der Waals surface area contributed by atoms with E-state index in [2.05, 4.69) is 12.4 Å². The second-order valence-corrected chi connectivity index (χ2v) is 5.99. The van der Waals surface area contributed by atoms with Gasteiger partial charge < -0.3 is 10.1 Å². The van der Waals surface area contributed by atoms with Gasteiger partial charge in [-0.15, -0.1) is 0 Å². The van der Waals surface area contributed by atoms with Gasteiger partial charge >= 0.3 is 0 Å². The zero-order valence-electron chi connectivity index (χ0n) is 11.6. The van der Waals surface area contributed by atoms with E-state index in [9.17, 15) is 0 Å². The predicted molar refractivity (Wildman–Crippen MR) is 72.1 cm³/mol. The molecule has 0 aliphatic heterocycles. The molecule has 0 bridgehead atoms. The number of rotatable bonds is 8. The highest BCUT2D eigenvalue weighted by molar-refractivity contribution is 4.92. The standard InChI is InChI=1S/C15H29NO/c1-16-14(10-5-11-17-2)15(12-6-3-7-12)13-8-4-9-13/h12-16H,3-11H2,1-2H3. The van der Waals surface area contributed by atoms with Crippen molar-refractivity contribution in [3.63, 3.8) is 0 Å². The summed E-state index contributed by atoms with van der Waals surface area (Å²) in [5.74, 6) is 3.01. The molecule has 0 spiro atoms. The van der Waals surface area contributed by atoms with E-state index in [0.717, 1.165) is 30.4 Å². The van der Waals surface area contributed by atoms with Crippen LogP contribution in [0.1, 0.15) is 51.4 Å². The Hall–Kier alpha value is -0.0800. The van der Waals surface area contributed by atoms with Crippen LogP contribution in [-0.2, 0) is 4.74 Å². The molecule has 2 aliphatic rings. The van der Waals surface area contributed by atoms with Crippen LogP contribution < -0.4 is 5.32 Å². The third-order valence-electron chi connectivity index (χ3n) is 5.09. The molecule has 2 rings (SSSR count). The molecule has 1 unspecified atom stereocenters. The third kappa shape index (κ3) is 3.23. The minimum atomic E-state index is 0.737. The Morgan fingerprint density at radius 3 is 2.06 bits per heavy atom. The molecule has 0 amide bonds. The van der Waals surface area contributed by atoms with Crippen LogP contribution in [-0.4, -0.2) is 26.8 Å². The van der Waals surface area contributed by atoms with Crippen LogP contribution >= 0.6 is 0 Å². The van der Waals surface area contributed by atoms with Crippen molar-refractivity contribution in [1.82, 2.24) is 5.32 Å². The number of ether oxygens (including phenoxy) is 1. The Morgan fingerprint density at radius 1 is 1.12 bits per heavy atom. The highest BCUT2D eigenvalue weighted by Gasteiger charge is 2.39. The molecular weight excluding hydrogens is 210 g/mol. The lowest BCUT2D eigenvalue weighted by Crippen LogP contribution is -2.46. The molecule has 17 heavy (non-hydrogen) atoms. The maximum Gasteiger partial charge on any atom is 0.0462 e. The lowest BCUT2D eigenvalue weighted by Gasteiger charge is -2.46. The molecule has 2 saturated carbocycles. The minimum Gasteiger partial charge on any atom is -0.385 e.